The molecule has 2 amide bonds. The number of fused-ring (bicyclic) bond motifs is 1. The third-order valence-electron chi connectivity index (χ3n) is 4.05. The van der Waals surface area contributed by atoms with Gasteiger partial charge >= 0.3 is 6.09 Å². The molecule has 2 aromatic heterocycles. The van der Waals surface area contributed by atoms with Crippen molar-refractivity contribution in [3.05, 3.63) is 18.5 Å². The van der Waals surface area contributed by atoms with E-state index in [1.54, 1.807) is 11.1 Å². The zero-order chi connectivity index (χ0) is 18.1. The number of H-pyrrole nitrogens is 1. The molecule has 0 unspecified atom stereocenters. The molecule has 9 heteroatoms. The summed E-state index contributed by atoms with van der Waals surface area (Å²) >= 11 is 0. The predicted octanol–water partition coefficient (Wildman–Crippen LogP) is 1.21. The van der Waals surface area contributed by atoms with E-state index in [1.165, 1.54) is 7.11 Å². The maximum atomic E-state index is 11.1. The molecule has 3 heterocycles. The molecule has 1 aliphatic heterocycles. The lowest BCUT2D eigenvalue weighted by atomic mass is 9.97. The van der Waals surface area contributed by atoms with Crippen LogP contribution in [0.2, 0.25) is 0 Å². The number of hydrogen-bond donors (Lipinski definition) is 3. The van der Waals surface area contributed by atoms with Crippen LogP contribution in [0.1, 0.15) is 12.8 Å². The van der Waals surface area contributed by atoms with Crippen LogP contribution in [0.5, 0.6) is 0 Å². The molecule has 1 fully saturated rings. The molecule has 0 saturated carbocycles. The highest BCUT2D eigenvalue weighted by Crippen LogP contribution is 2.16. The molecule has 0 atom stereocenters. The Labute approximate surface area is 146 Å². The molecule has 1 aliphatic rings. The molecule has 25 heavy (non-hydrogen) atoms. The Morgan fingerprint density at radius 1 is 1.48 bits per heavy atom. The van der Waals surface area contributed by atoms with Crippen LogP contribution in [-0.4, -0.2) is 66.1 Å². The van der Waals surface area contributed by atoms with Gasteiger partial charge in [-0.15, -0.1) is 0 Å². The number of rotatable bonds is 4. The molecule has 9 nitrogen and oxygen atoms in total. The van der Waals surface area contributed by atoms with Crippen molar-refractivity contribution in [1.82, 2.24) is 25.2 Å². The van der Waals surface area contributed by atoms with Crippen molar-refractivity contribution in [3.63, 3.8) is 0 Å². The third kappa shape index (κ3) is 5.33. The van der Waals surface area contributed by atoms with Crippen LogP contribution in [0.25, 0.3) is 11.2 Å². The van der Waals surface area contributed by atoms with Gasteiger partial charge in [0.05, 0.1) is 13.3 Å². The minimum absolute atomic E-state index is 0.258. The first kappa shape index (κ1) is 18.5. The Hall–Kier alpha value is -2.84. The summed E-state index contributed by atoms with van der Waals surface area (Å²) in [5.41, 5.74) is 1.71. The number of aromatic amines is 1. The number of likely N-dealkylation sites (tertiary alicyclic amines) is 1. The van der Waals surface area contributed by atoms with E-state index in [9.17, 15) is 9.59 Å². The normalized spacial score (nSPS) is 14.4. The van der Waals surface area contributed by atoms with E-state index in [4.69, 9.17) is 0 Å². The predicted molar refractivity (Wildman–Crippen MR) is 94.2 cm³/mol. The van der Waals surface area contributed by atoms with E-state index in [2.05, 4.69) is 30.3 Å². The highest BCUT2D eigenvalue weighted by Gasteiger charge is 2.22. The molecular formula is C16H24N6O3. The number of ether oxygens (including phenoxy) is 1. The summed E-state index contributed by atoms with van der Waals surface area (Å²) in [5.74, 6) is 1.28. The fraction of sp³-hybridized carbons (Fsp3) is 0.500. The van der Waals surface area contributed by atoms with Gasteiger partial charge in [-0.3, -0.25) is 4.79 Å². The highest BCUT2D eigenvalue weighted by molar-refractivity contribution is 5.71. The Morgan fingerprint density at radius 3 is 2.88 bits per heavy atom. The smallest absolute Gasteiger partial charge is 0.409 e. The minimum atomic E-state index is -0.258. The first-order valence-corrected chi connectivity index (χ1v) is 8.15. The molecule has 3 rings (SSSR count). The van der Waals surface area contributed by atoms with Crippen molar-refractivity contribution >= 4 is 29.5 Å². The molecule has 0 spiro atoms. The van der Waals surface area contributed by atoms with E-state index in [0.29, 0.717) is 18.9 Å². The molecular weight excluding hydrogens is 324 g/mol. The van der Waals surface area contributed by atoms with Crippen molar-refractivity contribution in [2.24, 2.45) is 5.92 Å². The lowest BCUT2D eigenvalue weighted by Gasteiger charge is -2.30. The molecule has 0 aromatic carbocycles. The number of carbonyl (C=O) groups excluding carboxylic acids is 2. The van der Waals surface area contributed by atoms with Crippen molar-refractivity contribution in [2.45, 2.75) is 12.8 Å². The van der Waals surface area contributed by atoms with E-state index >= 15 is 0 Å². The molecule has 2 aromatic rings. The quantitative estimate of drug-likeness (QED) is 0.716. The summed E-state index contributed by atoms with van der Waals surface area (Å²) < 4.78 is 4.62. The third-order valence-corrected chi connectivity index (χ3v) is 4.05. The number of nitrogens with one attached hydrogen (secondary N) is 3. The largest absolute Gasteiger partial charge is 0.453 e. The number of methoxy groups -OCH3 is 1. The first-order valence-electron chi connectivity index (χ1n) is 8.15. The van der Waals surface area contributed by atoms with Crippen molar-refractivity contribution in [2.75, 3.05) is 39.1 Å². The highest BCUT2D eigenvalue weighted by atomic mass is 16.5. The molecule has 3 N–H and O–H groups in total. The summed E-state index contributed by atoms with van der Waals surface area (Å²) in [6.45, 7) is 2.15. The lowest BCUT2D eigenvalue weighted by molar-refractivity contribution is -0.109. The summed E-state index contributed by atoms with van der Waals surface area (Å²) in [7, 11) is 3.21. The van der Waals surface area contributed by atoms with Gasteiger partial charge in [-0.1, -0.05) is 0 Å². The summed E-state index contributed by atoms with van der Waals surface area (Å²) in [5, 5.41) is 5.58. The van der Waals surface area contributed by atoms with Crippen LogP contribution in [0.3, 0.4) is 0 Å². The molecule has 0 radical (unpaired) electrons. The zero-order valence-corrected chi connectivity index (χ0v) is 14.5. The summed E-state index contributed by atoms with van der Waals surface area (Å²) in [6, 6.07) is 1.89. The van der Waals surface area contributed by atoms with Crippen molar-refractivity contribution in [1.29, 1.82) is 0 Å². The topological polar surface area (TPSA) is 112 Å². The van der Waals surface area contributed by atoms with Gasteiger partial charge in [-0.05, 0) is 24.8 Å². The van der Waals surface area contributed by atoms with E-state index in [0.717, 1.165) is 42.9 Å². The fourth-order valence-corrected chi connectivity index (χ4v) is 2.61. The standard InChI is InChI=1S/C9H16N2O3.C7H8N4/c1-14-9(13)11-4-2-8(3-5-11)6-10-7-12;1-8-6-4-10-7-5(11-6)2-3-9-7/h7-8H,2-6H2,1H3,(H,10,12);2-4H,1H3,(H,8,11)(H,9,10). The Kier molecular flexibility index (Phi) is 7.00. The number of hydrogen-bond acceptors (Lipinski definition) is 6. The number of piperidine rings is 1. The Balaban J connectivity index is 0.000000185. The second-order valence-corrected chi connectivity index (χ2v) is 5.64. The van der Waals surface area contributed by atoms with Crippen LogP contribution < -0.4 is 10.6 Å². The number of aromatic nitrogens is 3. The molecule has 0 aliphatic carbocycles. The molecule has 1 saturated heterocycles. The van der Waals surface area contributed by atoms with Gasteiger partial charge in [0.2, 0.25) is 6.41 Å². The van der Waals surface area contributed by atoms with Gasteiger partial charge in [0.1, 0.15) is 11.3 Å². The average molecular weight is 348 g/mol. The number of amides is 2. The number of carbonyl (C=O) groups is 2. The maximum Gasteiger partial charge on any atom is 0.409 e. The van der Waals surface area contributed by atoms with Gasteiger partial charge in [-0.2, -0.15) is 0 Å². The van der Waals surface area contributed by atoms with E-state index < -0.39 is 0 Å². The Morgan fingerprint density at radius 2 is 2.24 bits per heavy atom. The second-order valence-electron chi connectivity index (χ2n) is 5.64. The number of anilines is 1. The second kappa shape index (κ2) is 9.45. The van der Waals surface area contributed by atoms with E-state index in [1.807, 2.05) is 19.3 Å². The monoisotopic (exact) mass is 348 g/mol. The summed E-state index contributed by atoms with van der Waals surface area (Å²) in [4.78, 5) is 34.2. The first-order chi connectivity index (χ1) is 12.2. The average Bonchev–Trinajstić information content (AvgIpc) is 3.14. The van der Waals surface area contributed by atoms with Crippen LogP contribution in [-0.2, 0) is 9.53 Å². The van der Waals surface area contributed by atoms with Crippen molar-refractivity contribution in [3.8, 4) is 0 Å². The van der Waals surface area contributed by atoms with Gasteiger partial charge in [0, 0.05) is 32.9 Å². The SMILES string of the molecule is CNc1cnc2[nH]ccc2n1.COC(=O)N1CCC(CNC=O)CC1. The van der Waals surface area contributed by atoms with Crippen LogP contribution in [0.4, 0.5) is 10.6 Å². The zero-order valence-electron chi connectivity index (χ0n) is 14.5. The Bertz CT molecular complexity index is 681. The van der Waals surface area contributed by atoms with E-state index in [-0.39, 0.29) is 6.09 Å². The number of nitrogens with zero attached hydrogens (tertiary/aromatic N) is 3. The maximum absolute atomic E-state index is 11.1. The van der Waals surface area contributed by atoms with Gasteiger partial charge in [0.25, 0.3) is 0 Å². The van der Waals surface area contributed by atoms with Gasteiger partial charge in [-0.25, -0.2) is 14.8 Å². The minimum Gasteiger partial charge on any atom is -0.453 e. The van der Waals surface area contributed by atoms with Crippen LogP contribution in [0.15, 0.2) is 18.5 Å². The van der Waals surface area contributed by atoms with Crippen molar-refractivity contribution < 1.29 is 14.3 Å². The van der Waals surface area contributed by atoms with Crippen LogP contribution >= 0.6 is 0 Å². The van der Waals surface area contributed by atoms with Gasteiger partial charge in [0.15, 0.2) is 5.65 Å². The lowest BCUT2D eigenvalue weighted by Crippen LogP contribution is -2.40. The summed E-state index contributed by atoms with van der Waals surface area (Å²) in [6.07, 6.45) is 5.83. The van der Waals surface area contributed by atoms with Gasteiger partial charge < -0.3 is 25.3 Å². The fourth-order valence-electron chi connectivity index (χ4n) is 2.61. The van der Waals surface area contributed by atoms with Crippen LogP contribution in [0, 0.1) is 5.92 Å². The molecule has 136 valence electrons. The molecule has 0 bridgehead atoms.